The molecule has 4 aromatic rings. The third-order valence-electron chi connectivity index (χ3n) is 6.76. The molecule has 35 heavy (non-hydrogen) atoms. The van der Waals surface area contributed by atoms with Crippen LogP contribution in [0.3, 0.4) is 0 Å². The van der Waals surface area contributed by atoms with Crippen LogP contribution in [0.4, 0.5) is 22.7 Å². The summed E-state index contributed by atoms with van der Waals surface area (Å²) in [6, 6.07) is 17.3. The van der Waals surface area contributed by atoms with Crippen LogP contribution < -0.4 is 15.5 Å². The Hall–Kier alpha value is -4.13. The fourth-order valence-electron chi connectivity index (χ4n) is 5.11. The highest BCUT2D eigenvalue weighted by atomic mass is 16.5. The van der Waals surface area contributed by atoms with Crippen LogP contribution in [-0.2, 0) is 4.79 Å². The molecule has 0 unspecified atom stereocenters. The Morgan fingerprint density at radius 1 is 1.00 bits per heavy atom. The van der Waals surface area contributed by atoms with Crippen molar-refractivity contribution in [1.82, 2.24) is 5.16 Å². The van der Waals surface area contributed by atoms with Crippen LogP contribution in [0, 0.1) is 0 Å². The molecule has 2 aliphatic rings. The Labute approximate surface area is 203 Å². The maximum atomic E-state index is 13.8. The number of fused-ring (bicyclic) bond motifs is 2. The van der Waals surface area contributed by atoms with E-state index >= 15 is 0 Å². The summed E-state index contributed by atoms with van der Waals surface area (Å²) in [6.45, 7) is 3.71. The summed E-state index contributed by atoms with van der Waals surface area (Å²) in [5.41, 5.74) is 6.08. The van der Waals surface area contributed by atoms with E-state index in [0.29, 0.717) is 16.9 Å². The molecule has 6 rings (SSSR count). The third-order valence-corrected chi connectivity index (χ3v) is 6.76. The maximum Gasteiger partial charge on any atom is 0.196 e. The topological polar surface area (TPSA) is 87.5 Å². The van der Waals surface area contributed by atoms with Gasteiger partial charge in [-0.05, 0) is 50.5 Å². The van der Waals surface area contributed by atoms with Crippen molar-refractivity contribution in [3.8, 4) is 11.3 Å². The lowest BCUT2D eigenvalue weighted by Gasteiger charge is -2.30. The van der Waals surface area contributed by atoms with Crippen LogP contribution in [0.25, 0.3) is 22.2 Å². The highest BCUT2D eigenvalue weighted by molar-refractivity contribution is 6.28. The highest BCUT2D eigenvalue weighted by Gasteiger charge is 2.33. The molecule has 0 saturated carbocycles. The number of piperidine rings is 1. The van der Waals surface area contributed by atoms with Crippen molar-refractivity contribution in [3.05, 3.63) is 65.7 Å². The first kappa shape index (κ1) is 21.4. The number of nitrogens with one attached hydrogen (secondary N) is 2. The predicted octanol–water partition coefficient (Wildman–Crippen LogP) is 5.77. The van der Waals surface area contributed by atoms with Crippen molar-refractivity contribution in [2.75, 3.05) is 35.2 Å². The zero-order valence-corrected chi connectivity index (χ0v) is 19.6. The van der Waals surface area contributed by atoms with Gasteiger partial charge < -0.3 is 20.1 Å². The van der Waals surface area contributed by atoms with Gasteiger partial charge in [0.2, 0.25) is 0 Å². The van der Waals surface area contributed by atoms with E-state index in [9.17, 15) is 9.59 Å². The molecule has 7 nitrogen and oxygen atoms in total. The molecular weight excluding hydrogens is 440 g/mol. The fraction of sp³-hybridized carbons (Fsp3) is 0.250. The molecule has 2 heterocycles. The normalized spacial score (nSPS) is 14.7. The van der Waals surface area contributed by atoms with Gasteiger partial charge in [0.1, 0.15) is 11.3 Å². The number of Topliss-reactive ketones (excluding diaryl/α,β-unsaturated/α-hetero) is 1. The summed E-state index contributed by atoms with van der Waals surface area (Å²) in [6.07, 6.45) is 3.48. The minimum Gasteiger partial charge on any atom is -0.378 e. The lowest BCUT2D eigenvalue weighted by molar-refractivity contribution is -0.115. The molecule has 1 saturated heterocycles. The minimum atomic E-state index is -0.0418. The van der Waals surface area contributed by atoms with E-state index in [1.54, 1.807) is 6.92 Å². The standard InChI is InChI=1S/C28H26N4O3/c1-17(33)16-29-18-8-7-9-19(14-18)30-22-15-23(32-12-5-2-6-13-32)26-25-24(22)27(34)20-10-3-4-11-21(20)28(25)35-31-26/h3-4,7-11,14-15,29-30H,2,5-6,12-13,16H2,1H3. The third kappa shape index (κ3) is 3.73. The maximum absolute atomic E-state index is 13.8. The number of rotatable bonds is 6. The quantitative estimate of drug-likeness (QED) is 0.328. The summed E-state index contributed by atoms with van der Waals surface area (Å²) in [4.78, 5) is 27.5. The molecule has 1 fully saturated rings. The fourth-order valence-corrected chi connectivity index (χ4v) is 5.11. The number of hydrogen-bond acceptors (Lipinski definition) is 7. The first-order valence-corrected chi connectivity index (χ1v) is 12.1. The van der Waals surface area contributed by atoms with Gasteiger partial charge in [0.05, 0.1) is 28.9 Å². The number of carbonyl (C=O) groups excluding carboxylic acids is 2. The van der Waals surface area contributed by atoms with Crippen LogP contribution in [0.2, 0.25) is 0 Å². The second-order valence-corrected chi connectivity index (χ2v) is 9.24. The molecule has 0 amide bonds. The molecular formula is C28H26N4O3. The summed E-state index contributed by atoms with van der Waals surface area (Å²) >= 11 is 0. The number of anilines is 4. The van der Waals surface area contributed by atoms with Crippen LogP contribution >= 0.6 is 0 Å². The number of nitrogens with zero attached hydrogens (tertiary/aromatic N) is 2. The van der Waals surface area contributed by atoms with E-state index < -0.39 is 0 Å². The first-order chi connectivity index (χ1) is 17.1. The van der Waals surface area contributed by atoms with Gasteiger partial charge in [-0.1, -0.05) is 35.5 Å². The van der Waals surface area contributed by atoms with Crippen molar-refractivity contribution in [2.45, 2.75) is 26.2 Å². The van der Waals surface area contributed by atoms with Gasteiger partial charge in [-0.3, -0.25) is 9.59 Å². The molecule has 3 aromatic carbocycles. The largest absolute Gasteiger partial charge is 0.378 e. The van der Waals surface area contributed by atoms with Crippen molar-refractivity contribution in [3.63, 3.8) is 0 Å². The summed E-state index contributed by atoms with van der Waals surface area (Å²) in [7, 11) is 0. The molecule has 1 aliphatic carbocycles. The molecule has 1 aliphatic heterocycles. The Balaban J connectivity index is 1.51. The number of aromatic nitrogens is 1. The monoisotopic (exact) mass is 466 g/mol. The average molecular weight is 467 g/mol. The second-order valence-electron chi connectivity index (χ2n) is 9.24. The summed E-state index contributed by atoms with van der Waals surface area (Å²) < 4.78 is 5.88. The number of benzene rings is 3. The first-order valence-electron chi connectivity index (χ1n) is 12.1. The van der Waals surface area contributed by atoms with Crippen LogP contribution in [0.5, 0.6) is 0 Å². The van der Waals surface area contributed by atoms with Gasteiger partial charge in [-0.25, -0.2) is 0 Å². The minimum absolute atomic E-state index is 0.0418. The van der Waals surface area contributed by atoms with Crippen molar-refractivity contribution < 1.29 is 14.1 Å². The zero-order valence-electron chi connectivity index (χ0n) is 19.6. The molecule has 0 spiro atoms. The smallest absolute Gasteiger partial charge is 0.196 e. The predicted molar refractivity (Wildman–Crippen MR) is 138 cm³/mol. The number of hydrogen-bond donors (Lipinski definition) is 2. The molecule has 2 N–H and O–H groups in total. The zero-order chi connectivity index (χ0) is 23.9. The van der Waals surface area contributed by atoms with E-state index in [-0.39, 0.29) is 18.1 Å². The van der Waals surface area contributed by atoms with Gasteiger partial charge >= 0.3 is 0 Å². The molecule has 1 aromatic heterocycles. The molecule has 0 atom stereocenters. The Morgan fingerprint density at radius 3 is 2.57 bits per heavy atom. The van der Waals surface area contributed by atoms with Crippen LogP contribution in [0.1, 0.15) is 42.1 Å². The van der Waals surface area contributed by atoms with E-state index in [2.05, 4.69) is 20.7 Å². The molecule has 0 bridgehead atoms. The van der Waals surface area contributed by atoms with Crippen LogP contribution in [-0.4, -0.2) is 36.4 Å². The van der Waals surface area contributed by atoms with Crippen LogP contribution in [0.15, 0.2) is 59.1 Å². The lowest BCUT2D eigenvalue weighted by atomic mass is 9.86. The van der Waals surface area contributed by atoms with Crippen molar-refractivity contribution >= 4 is 45.2 Å². The molecule has 7 heteroatoms. The second kappa shape index (κ2) is 8.58. The highest BCUT2D eigenvalue weighted by Crippen LogP contribution is 2.46. The Bertz CT molecular complexity index is 1470. The lowest BCUT2D eigenvalue weighted by Crippen LogP contribution is -2.29. The van der Waals surface area contributed by atoms with Gasteiger partial charge in [0.25, 0.3) is 0 Å². The van der Waals surface area contributed by atoms with Gasteiger partial charge in [0, 0.05) is 35.6 Å². The summed E-state index contributed by atoms with van der Waals surface area (Å²) in [5.74, 6) is 0.664. The van der Waals surface area contributed by atoms with Crippen molar-refractivity contribution in [2.24, 2.45) is 0 Å². The van der Waals surface area contributed by atoms with Gasteiger partial charge in [0.15, 0.2) is 11.5 Å². The SMILES string of the molecule is CC(=O)CNc1cccc(Nc2cc(N3CCCCC3)c3noc4c3c2C(=O)c2ccccc2-4)c1. The van der Waals surface area contributed by atoms with E-state index in [0.717, 1.165) is 65.1 Å². The van der Waals surface area contributed by atoms with E-state index in [4.69, 9.17) is 4.52 Å². The Morgan fingerprint density at radius 2 is 1.77 bits per heavy atom. The number of carbonyl (C=O) groups is 2. The average Bonchev–Trinajstić information content (AvgIpc) is 3.32. The van der Waals surface area contributed by atoms with Gasteiger partial charge in [-0.2, -0.15) is 0 Å². The van der Waals surface area contributed by atoms with Crippen molar-refractivity contribution in [1.29, 1.82) is 0 Å². The van der Waals surface area contributed by atoms with Gasteiger partial charge in [-0.15, -0.1) is 0 Å². The molecule has 176 valence electrons. The summed E-state index contributed by atoms with van der Waals surface area (Å²) in [5, 5.41) is 11.9. The molecule has 0 radical (unpaired) electrons. The van der Waals surface area contributed by atoms with E-state index in [1.165, 1.54) is 6.42 Å². The van der Waals surface area contributed by atoms with E-state index in [1.807, 2.05) is 54.6 Å². The Kier molecular flexibility index (Phi) is 5.25. The number of ketones is 2.